The highest BCUT2D eigenvalue weighted by Gasteiger charge is 2.12. The summed E-state index contributed by atoms with van der Waals surface area (Å²) in [5.41, 5.74) is 3.37. The average Bonchev–Trinajstić information content (AvgIpc) is 3.11. The summed E-state index contributed by atoms with van der Waals surface area (Å²) in [6.07, 6.45) is 5.07. The zero-order valence-corrected chi connectivity index (χ0v) is 13.2. The van der Waals surface area contributed by atoms with E-state index in [0.29, 0.717) is 29.1 Å². The van der Waals surface area contributed by atoms with Crippen molar-refractivity contribution in [1.82, 2.24) is 20.3 Å². The summed E-state index contributed by atoms with van der Waals surface area (Å²) in [7, 11) is 0. The van der Waals surface area contributed by atoms with Gasteiger partial charge in [-0.15, -0.1) is 0 Å². The van der Waals surface area contributed by atoms with Gasteiger partial charge in [-0.25, -0.2) is 4.98 Å². The van der Waals surface area contributed by atoms with Crippen molar-refractivity contribution in [2.45, 2.75) is 6.54 Å². The Kier molecular flexibility index (Phi) is 3.92. The topological polar surface area (TPSA) is 80.9 Å². The van der Waals surface area contributed by atoms with Gasteiger partial charge in [0.25, 0.3) is 5.91 Å². The summed E-state index contributed by atoms with van der Waals surface area (Å²) < 4.78 is 5.73. The first-order valence-corrected chi connectivity index (χ1v) is 7.79. The molecule has 0 atom stereocenters. The lowest BCUT2D eigenvalue weighted by molar-refractivity contribution is 0.0950. The lowest BCUT2D eigenvalue weighted by Gasteiger charge is -2.04. The van der Waals surface area contributed by atoms with Crippen molar-refractivity contribution < 1.29 is 9.21 Å². The van der Waals surface area contributed by atoms with Gasteiger partial charge in [0, 0.05) is 24.2 Å². The second kappa shape index (κ2) is 6.52. The summed E-state index contributed by atoms with van der Waals surface area (Å²) in [6, 6.07) is 14.5. The zero-order chi connectivity index (χ0) is 17.1. The quantitative estimate of drug-likeness (QED) is 0.621. The van der Waals surface area contributed by atoms with Gasteiger partial charge in [-0.1, -0.05) is 6.07 Å². The van der Waals surface area contributed by atoms with E-state index in [-0.39, 0.29) is 5.91 Å². The van der Waals surface area contributed by atoms with E-state index in [1.165, 1.54) is 0 Å². The number of benzene rings is 1. The molecule has 0 spiro atoms. The van der Waals surface area contributed by atoms with E-state index in [1.54, 1.807) is 36.8 Å². The fraction of sp³-hybridized carbons (Fsp3) is 0.0526. The number of rotatable bonds is 4. The van der Waals surface area contributed by atoms with Crippen molar-refractivity contribution >= 4 is 17.0 Å². The van der Waals surface area contributed by atoms with Crippen LogP contribution in [-0.2, 0) is 6.54 Å². The second-order valence-corrected chi connectivity index (χ2v) is 5.45. The third-order valence-electron chi connectivity index (χ3n) is 3.71. The molecule has 3 aromatic heterocycles. The lowest BCUT2D eigenvalue weighted by Crippen LogP contribution is -2.23. The number of hydrogen-bond acceptors (Lipinski definition) is 5. The molecule has 3 heterocycles. The molecule has 1 N–H and O–H groups in total. The van der Waals surface area contributed by atoms with Crippen molar-refractivity contribution in [3.8, 4) is 11.5 Å². The van der Waals surface area contributed by atoms with Gasteiger partial charge < -0.3 is 9.73 Å². The number of pyridine rings is 2. The van der Waals surface area contributed by atoms with Gasteiger partial charge in [0.1, 0.15) is 5.52 Å². The maximum atomic E-state index is 12.3. The number of oxazole rings is 1. The fourth-order valence-electron chi connectivity index (χ4n) is 2.46. The van der Waals surface area contributed by atoms with Crippen LogP contribution in [0.2, 0.25) is 0 Å². The molecule has 1 amide bonds. The molecule has 0 saturated heterocycles. The molecule has 25 heavy (non-hydrogen) atoms. The third kappa shape index (κ3) is 3.23. The molecular weight excluding hydrogens is 316 g/mol. The molecule has 4 aromatic rings. The van der Waals surface area contributed by atoms with Crippen LogP contribution in [0.1, 0.15) is 16.1 Å². The zero-order valence-electron chi connectivity index (χ0n) is 13.2. The van der Waals surface area contributed by atoms with E-state index in [1.807, 2.05) is 30.3 Å². The van der Waals surface area contributed by atoms with E-state index in [0.717, 1.165) is 11.3 Å². The highest BCUT2D eigenvalue weighted by atomic mass is 16.3. The average molecular weight is 330 g/mol. The predicted molar refractivity (Wildman–Crippen MR) is 92.6 cm³/mol. The van der Waals surface area contributed by atoms with Crippen LogP contribution in [0.15, 0.2) is 71.5 Å². The fourth-order valence-corrected chi connectivity index (χ4v) is 2.46. The van der Waals surface area contributed by atoms with Crippen LogP contribution >= 0.6 is 0 Å². The minimum Gasteiger partial charge on any atom is -0.436 e. The monoisotopic (exact) mass is 330 g/mol. The maximum absolute atomic E-state index is 12.3. The molecule has 0 aliphatic heterocycles. The Morgan fingerprint density at radius 2 is 2.04 bits per heavy atom. The van der Waals surface area contributed by atoms with Gasteiger partial charge in [-0.3, -0.25) is 14.8 Å². The molecule has 122 valence electrons. The molecule has 0 saturated carbocycles. The Balaban J connectivity index is 1.55. The van der Waals surface area contributed by atoms with Gasteiger partial charge in [0.2, 0.25) is 5.89 Å². The van der Waals surface area contributed by atoms with Gasteiger partial charge >= 0.3 is 0 Å². The van der Waals surface area contributed by atoms with Crippen molar-refractivity contribution in [1.29, 1.82) is 0 Å². The number of aromatic nitrogens is 3. The minimum absolute atomic E-state index is 0.182. The molecule has 4 rings (SSSR count). The number of amides is 1. The number of nitrogens with one attached hydrogen (secondary N) is 1. The van der Waals surface area contributed by atoms with Gasteiger partial charge in [-0.05, 0) is 42.5 Å². The number of carbonyl (C=O) groups excluding carboxylic acids is 1. The second-order valence-electron chi connectivity index (χ2n) is 5.45. The first-order valence-electron chi connectivity index (χ1n) is 7.79. The number of nitrogens with zero attached hydrogens (tertiary/aromatic N) is 3. The molecule has 0 radical (unpaired) electrons. The van der Waals surface area contributed by atoms with Crippen molar-refractivity contribution in [3.05, 3.63) is 78.4 Å². The van der Waals surface area contributed by atoms with Crippen molar-refractivity contribution in [2.75, 3.05) is 0 Å². The van der Waals surface area contributed by atoms with Gasteiger partial charge in [-0.2, -0.15) is 0 Å². The van der Waals surface area contributed by atoms with Crippen molar-refractivity contribution in [2.24, 2.45) is 0 Å². The summed E-state index contributed by atoms with van der Waals surface area (Å²) in [6.45, 7) is 0.372. The van der Waals surface area contributed by atoms with Crippen LogP contribution < -0.4 is 5.32 Å². The summed E-state index contributed by atoms with van der Waals surface area (Å²) in [4.78, 5) is 25.0. The molecule has 0 bridgehead atoms. The number of hydrogen-bond donors (Lipinski definition) is 1. The van der Waals surface area contributed by atoms with Gasteiger partial charge in [0.05, 0.1) is 17.8 Å². The smallest absolute Gasteiger partial charge is 0.251 e. The maximum Gasteiger partial charge on any atom is 0.251 e. The molecule has 6 heteroatoms. The SMILES string of the molecule is O=C(NCc1ccccn1)c1ccc2oc(-c3cccnc3)nc2c1. The predicted octanol–water partition coefficient (Wildman–Crippen LogP) is 3.21. The van der Waals surface area contributed by atoms with E-state index < -0.39 is 0 Å². The van der Waals surface area contributed by atoms with Crippen LogP contribution in [0.25, 0.3) is 22.6 Å². The molecule has 6 nitrogen and oxygen atoms in total. The summed E-state index contributed by atoms with van der Waals surface area (Å²) >= 11 is 0. The molecule has 0 aliphatic rings. The Hall–Kier alpha value is -3.54. The molecule has 0 unspecified atom stereocenters. The molecule has 0 aliphatic carbocycles. The Morgan fingerprint density at radius 3 is 2.84 bits per heavy atom. The molecule has 1 aromatic carbocycles. The Morgan fingerprint density at radius 1 is 1.08 bits per heavy atom. The Bertz CT molecular complexity index is 1010. The van der Waals surface area contributed by atoms with Gasteiger partial charge in [0.15, 0.2) is 5.58 Å². The summed E-state index contributed by atoms with van der Waals surface area (Å²) in [5, 5.41) is 2.85. The van der Waals surface area contributed by atoms with E-state index in [4.69, 9.17) is 4.42 Å². The third-order valence-corrected chi connectivity index (χ3v) is 3.71. The normalized spacial score (nSPS) is 10.7. The minimum atomic E-state index is -0.182. The number of carbonyl (C=O) groups is 1. The van der Waals surface area contributed by atoms with E-state index in [9.17, 15) is 4.79 Å². The standard InChI is InChI=1S/C19H14N4O2/c24-18(22-12-15-5-1-2-9-21-15)13-6-7-17-16(10-13)23-19(25-17)14-4-3-8-20-11-14/h1-11H,12H2,(H,22,24). The van der Waals surface area contributed by atoms with E-state index >= 15 is 0 Å². The van der Waals surface area contributed by atoms with Crippen LogP contribution in [0.4, 0.5) is 0 Å². The van der Waals surface area contributed by atoms with Crippen LogP contribution in [-0.4, -0.2) is 20.9 Å². The van der Waals surface area contributed by atoms with Crippen LogP contribution in [0.3, 0.4) is 0 Å². The molecular formula is C19H14N4O2. The Labute approximate surface area is 143 Å². The van der Waals surface area contributed by atoms with Crippen LogP contribution in [0.5, 0.6) is 0 Å². The summed E-state index contributed by atoms with van der Waals surface area (Å²) in [5.74, 6) is 0.299. The molecule has 0 fully saturated rings. The van der Waals surface area contributed by atoms with Crippen LogP contribution in [0, 0.1) is 0 Å². The first kappa shape index (κ1) is 15.0. The highest BCUT2D eigenvalue weighted by Crippen LogP contribution is 2.24. The van der Waals surface area contributed by atoms with E-state index in [2.05, 4.69) is 20.3 Å². The highest BCUT2D eigenvalue weighted by molar-refractivity contribution is 5.97. The number of fused-ring (bicyclic) bond motifs is 1. The van der Waals surface area contributed by atoms with Crippen molar-refractivity contribution in [3.63, 3.8) is 0 Å². The lowest BCUT2D eigenvalue weighted by atomic mass is 10.2. The largest absolute Gasteiger partial charge is 0.436 e. The first-order chi connectivity index (χ1) is 12.3.